The van der Waals surface area contributed by atoms with Gasteiger partial charge in [0.15, 0.2) is 0 Å². The molecule has 2 aromatic rings. The molecule has 30 heavy (non-hydrogen) atoms. The van der Waals surface area contributed by atoms with Crippen molar-refractivity contribution < 1.29 is 5.11 Å². The molecular weight excluding hydrogens is 378 g/mol. The van der Waals surface area contributed by atoms with Crippen molar-refractivity contribution in [3.63, 3.8) is 0 Å². The quantitative estimate of drug-likeness (QED) is 0.606. The smallest absolute Gasteiger partial charge is 0.128 e. The van der Waals surface area contributed by atoms with Crippen molar-refractivity contribution in [2.45, 2.75) is 63.4 Å². The van der Waals surface area contributed by atoms with E-state index in [1.54, 1.807) is 0 Å². The molecule has 5 atom stereocenters. The van der Waals surface area contributed by atoms with E-state index >= 15 is 0 Å². The Morgan fingerprint density at radius 2 is 2.20 bits per heavy atom. The van der Waals surface area contributed by atoms with Gasteiger partial charge in [-0.1, -0.05) is 6.07 Å². The fourth-order valence-electron chi connectivity index (χ4n) is 5.25. The molecule has 0 amide bonds. The zero-order chi connectivity index (χ0) is 20.7. The first kappa shape index (κ1) is 19.9. The van der Waals surface area contributed by atoms with Crippen molar-refractivity contribution in [2.75, 3.05) is 24.5 Å². The second kappa shape index (κ2) is 7.92. The second-order valence-corrected chi connectivity index (χ2v) is 9.31. The molecule has 0 bridgehead atoms. The summed E-state index contributed by atoms with van der Waals surface area (Å²) >= 11 is 0. The molecular formula is C22H33N7O. The van der Waals surface area contributed by atoms with Crippen LogP contribution in [-0.2, 0) is 6.54 Å². The molecule has 3 saturated heterocycles. The van der Waals surface area contributed by atoms with Gasteiger partial charge in [-0.25, -0.2) is 10.4 Å². The van der Waals surface area contributed by atoms with Gasteiger partial charge in [0, 0.05) is 55.9 Å². The summed E-state index contributed by atoms with van der Waals surface area (Å²) in [5.74, 6) is 1.42. The van der Waals surface area contributed by atoms with Gasteiger partial charge in [-0.15, -0.1) is 0 Å². The summed E-state index contributed by atoms with van der Waals surface area (Å²) in [5.41, 5.74) is 8.68. The molecule has 2 aromatic heterocycles. The number of rotatable bonds is 4. The van der Waals surface area contributed by atoms with Gasteiger partial charge in [0.05, 0.1) is 23.5 Å². The van der Waals surface area contributed by atoms with E-state index in [1.165, 1.54) is 5.56 Å². The number of aliphatic hydroxyl groups is 1. The number of piperidine rings is 2. The minimum atomic E-state index is -0.639. The van der Waals surface area contributed by atoms with Gasteiger partial charge in [-0.2, -0.15) is 5.10 Å². The molecule has 0 spiro atoms. The van der Waals surface area contributed by atoms with Crippen LogP contribution in [0.3, 0.4) is 0 Å². The summed E-state index contributed by atoms with van der Waals surface area (Å²) in [6, 6.07) is 7.16. The molecule has 0 saturated carbocycles. The lowest BCUT2D eigenvalue weighted by molar-refractivity contribution is 0.0447. The van der Waals surface area contributed by atoms with Crippen molar-refractivity contribution in [1.82, 2.24) is 30.9 Å². The molecule has 0 radical (unpaired) electrons. The number of anilines is 1. The summed E-state index contributed by atoms with van der Waals surface area (Å²) < 4.78 is 1.99. The van der Waals surface area contributed by atoms with E-state index in [4.69, 9.17) is 4.98 Å². The van der Waals surface area contributed by atoms with Crippen molar-refractivity contribution in [1.29, 1.82) is 0 Å². The Balaban J connectivity index is 1.34. The van der Waals surface area contributed by atoms with E-state index in [9.17, 15) is 5.11 Å². The highest BCUT2D eigenvalue weighted by Crippen LogP contribution is 2.38. The van der Waals surface area contributed by atoms with Crippen LogP contribution in [0.1, 0.15) is 56.5 Å². The standard InChI is InChI=1S/C22H33N7O/c1-3-29-13-15(11-24-29)18-10-16-19(12-23-18)26-27-21(16)17-6-4-7-20(25-17)28-9-5-8-22(2,30)14-28/h4,6-7,11,13,16,18-19,21,23,26-27,30H,3,5,8-10,12,14H2,1-2H3/t16?,18?,19?,21?,22-/m0/s1. The van der Waals surface area contributed by atoms with Crippen LogP contribution in [0.5, 0.6) is 0 Å². The second-order valence-electron chi connectivity index (χ2n) is 9.31. The highest BCUT2D eigenvalue weighted by atomic mass is 16.3. The first-order valence-electron chi connectivity index (χ1n) is 11.2. The Morgan fingerprint density at radius 3 is 3.00 bits per heavy atom. The van der Waals surface area contributed by atoms with Gasteiger partial charge in [-0.05, 0) is 45.2 Å². The number of hydrazine groups is 1. The minimum Gasteiger partial charge on any atom is -0.388 e. The maximum absolute atomic E-state index is 10.5. The third-order valence-electron chi connectivity index (χ3n) is 6.91. The lowest BCUT2D eigenvalue weighted by Crippen LogP contribution is -2.46. The highest BCUT2D eigenvalue weighted by Gasteiger charge is 2.42. The zero-order valence-electron chi connectivity index (χ0n) is 17.9. The molecule has 162 valence electrons. The first-order valence-corrected chi connectivity index (χ1v) is 11.2. The predicted octanol–water partition coefficient (Wildman–Crippen LogP) is 1.52. The number of hydrogen-bond acceptors (Lipinski definition) is 7. The van der Waals surface area contributed by atoms with E-state index in [-0.39, 0.29) is 6.04 Å². The van der Waals surface area contributed by atoms with Gasteiger partial charge in [-0.3, -0.25) is 10.1 Å². The van der Waals surface area contributed by atoms with E-state index in [1.807, 2.05) is 17.8 Å². The fourth-order valence-corrected chi connectivity index (χ4v) is 5.25. The molecule has 8 heteroatoms. The van der Waals surface area contributed by atoms with Crippen LogP contribution in [0.4, 0.5) is 5.82 Å². The number of nitrogens with zero attached hydrogens (tertiary/aromatic N) is 4. The van der Waals surface area contributed by atoms with Crippen molar-refractivity contribution in [3.8, 4) is 0 Å². The molecule has 5 heterocycles. The summed E-state index contributed by atoms with van der Waals surface area (Å²) in [6.45, 7) is 7.44. The van der Waals surface area contributed by atoms with E-state index < -0.39 is 5.60 Å². The monoisotopic (exact) mass is 411 g/mol. The van der Waals surface area contributed by atoms with Gasteiger partial charge >= 0.3 is 0 Å². The lowest BCUT2D eigenvalue weighted by atomic mass is 9.82. The number of aromatic nitrogens is 3. The van der Waals surface area contributed by atoms with Crippen LogP contribution in [0.2, 0.25) is 0 Å². The van der Waals surface area contributed by atoms with Crippen LogP contribution in [0.25, 0.3) is 0 Å². The number of hydrogen-bond donors (Lipinski definition) is 4. The molecule has 3 aliphatic rings. The first-order chi connectivity index (χ1) is 14.5. The molecule has 3 fully saturated rings. The van der Waals surface area contributed by atoms with Crippen LogP contribution in [0, 0.1) is 5.92 Å². The molecule has 5 rings (SSSR count). The Bertz CT molecular complexity index is 882. The van der Waals surface area contributed by atoms with Gasteiger partial charge in [0.1, 0.15) is 5.82 Å². The number of aryl methyl sites for hydroxylation is 1. The number of pyridine rings is 1. The fraction of sp³-hybridized carbons (Fsp3) is 0.636. The Labute approximate surface area is 178 Å². The lowest BCUT2D eigenvalue weighted by Gasteiger charge is -2.38. The maximum Gasteiger partial charge on any atom is 0.128 e. The summed E-state index contributed by atoms with van der Waals surface area (Å²) in [4.78, 5) is 7.25. The Kier molecular flexibility index (Phi) is 5.26. The SMILES string of the molecule is CCn1cc(C2CC3C(CN2)NNC3c2cccc(N3CCC[C@](C)(O)C3)n2)cn1. The van der Waals surface area contributed by atoms with Crippen molar-refractivity contribution >= 4 is 5.82 Å². The van der Waals surface area contributed by atoms with Gasteiger partial charge in [0.25, 0.3) is 0 Å². The van der Waals surface area contributed by atoms with Crippen LogP contribution >= 0.6 is 0 Å². The summed E-state index contributed by atoms with van der Waals surface area (Å²) in [6.07, 6.45) is 7.03. The third kappa shape index (κ3) is 3.85. The average molecular weight is 412 g/mol. The average Bonchev–Trinajstić information content (AvgIpc) is 3.40. The predicted molar refractivity (Wildman–Crippen MR) is 116 cm³/mol. The van der Waals surface area contributed by atoms with Crippen molar-refractivity contribution in [3.05, 3.63) is 41.9 Å². The highest BCUT2D eigenvalue weighted by molar-refractivity contribution is 5.41. The van der Waals surface area contributed by atoms with E-state index in [2.05, 4.69) is 57.5 Å². The molecule has 4 unspecified atom stereocenters. The normalized spacial score (nSPS) is 34.2. The maximum atomic E-state index is 10.5. The molecule has 0 aliphatic carbocycles. The molecule has 0 aromatic carbocycles. The Hall–Kier alpha value is -2.00. The number of β-amino-alcohol motifs (C(OH)–C–C–N with tert-alkyl or cyclic N) is 1. The number of fused-ring (bicyclic) bond motifs is 1. The molecule has 8 nitrogen and oxygen atoms in total. The summed E-state index contributed by atoms with van der Waals surface area (Å²) in [7, 11) is 0. The van der Waals surface area contributed by atoms with Crippen LogP contribution < -0.4 is 21.1 Å². The van der Waals surface area contributed by atoms with E-state index in [0.29, 0.717) is 24.5 Å². The Morgan fingerprint density at radius 1 is 1.30 bits per heavy atom. The molecule has 3 aliphatic heterocycles. The summed E-state index contributed by atoms with van der Waals surface area (Å²) in [5, 5.41) is 18.6. The van der Waals surface area contributed by atoms with Crippen LogP contribution in [-0.4, -0.2) is 51.1 Å². The topological polar surface area (TPSA) is 90.3 Å². The van der Waals surface area contributed by atoms with Gasteiger partial charge in [0.2, 0.25) is 0 Å². The van der Waals surface area contributed by atoms with E-state index in [0.717, 1.165) is 50.4 Å². The zero-order valence-corrected chi connectivity index (χ0v) is 17.9. The largest absolute Gasteiger partial charge is 0.388 e. The molecule has 4 N–H and O–H groups in total. The van der Waals surface area contributed by atoms with Gasteiger partial charge < -0.3 is 15.3 Å². The van der Waals surface area contributed by atoms with Crippen molar-refractivity contribution in [2.24, 2.45) is 5.92 Å². The van der Waals surface area contributed by atoms with Crippen LogP contribution in [0.15, 0.2) is 30.6 Å². The number of nitrogens with one attached hydrogen (secondary N) is 3. The third-order valence-corrected chi connectivity index (χ3v) is 6.91. The minimum absolute atomic E-state index is 0.172.